The normalized spacial score (nSPS) is 19.5. The highest BCUT2D eigenvalue weighted by Crippen LogP contribution is 2.23. The lowest BCUT2D eigenvalue weighted by atomic mass is 10.1. The zero-order valence-corrected chi connectivity index (χ0v) is 10.9. The fourth-order valence-electron chi connectivity index (χ4n) is 2.18. The second-order valence-electron chi connectivity index (χ2n) is 4.69. The van der Waals surface area contributed by atoms with Crippen LogP contribution in [0.5, 0.6) is 0 Å². The van der Waals surface area contributed by atoms with Gasteiger partial charge in [0, 0.05) is 5.56 Å². The number of allylic oxidation sites excluding steroid dienone is 3. The van der Waals surface area contributed by atoms with E-state index in [0.717, 1.165) is 29.7 Å². The molecule has 0 bridgehead atoms. The van der Waals surface area contributed by atoms with Crippen LogP contribution in [0.1, 0.15) is 30.3 Å². The van der Waals surface area contributed by atoms with E-state index in [1.807, 2.05) is 18.2 Å². The highest BCUT2D eigenvalue weighted by atomic mass is 16.7. The summed E-state index contributed by atoms with van der Waals surface area (Å²) in [5, 5.41) is 0. The van der Waals surface area contributed by atoms with Gasteiger partial charge in [-0.15, -0.1) is 0 Å². The Balaban J connectivity index is 1.56. The van der Waals surface area contributed by atoms with Gasteiger partial charge in [0.25, 0.3) is 0 Å². The van der Waals surface area contributed by atoms with E-state index in [1.165, 1.54) is 0 Å². The van der Waals surface area contributed by atoms with Crippen LogP contribution in [0.4, 0.5) is 0 Å². The highest BCUT2D eigenvalue weighted by Gasteiger charge is 2.17. The molecule has 0 unspecified atom stereocenters. The molecule has 3 rings (SSSR count). The van der Waals surface area contributed by atoms with Crippen LogP contribution in [0.25, 0.3) is 0 Å². The zero-order valence-electron chi connectivity index (χ0n) is 10.9. The molecular formula is C16H18O3. The molecular weight excluding hydrogens is 240 g/mol. The molecule has 0 N–H and O–H groups in total. The van der Waals surface area contributed by atoms with Crippen LogP contribution in [0.2, 0.25) is 0 Å². The van der Waals surface area contributed by atoms with Gasteiger partial charge in [-0.1, -0.05) is 30.3 Å². The molecule has 1 heterocycles. The van der Waals surface area contributed by atoms with Gasteiger partial charge >= 0.3 is 0 Å². The first kappa shape index (κ1) is 12.5. The van der Waals surface area contributed by atoms with Gasteiger partial charge in [-0.05, 0) is 30.6 Å². The van der Waals surface area contributed by atoms with Crippen molar-refractivity contribution >= 4 is 0 Å². The first-order chi connectivity index (χ1) is 9.42. The number of hydrogen-bond acceptors (Lipinski definition) is 3. The Morgan fingerprint density at radius 1 is 1.05 bits per heavy atom. The Morgan fingerprint density at radius 3 is 2.53 bits per heavy atom. The molecule has 0 spiro atoms. The van der Waals surface area contributed by atoms with Gasteiger partial charge in [0.1, 0.15) is 12.4 Å². The van der Waals surface area contributed by atoms with E-state index in [9.17, 15) is 0 Å². The second-order valence-corrected chi connectivity index (χ2v) is 4.69. The molecule has 0 atom stereocenters. The van der Waals surface area contributed by atoms with Crippen LogP contribution in [0, 0.1) is 0 Å². The molecule has 3 heteroatoms. The molecule has 1 aliphatic carbocycles. The average molecular weight is 258 g/mol. The minimum absolute atomic E-state index is 0.195. The minimum atomic E-state index is -0.195. The Kier molecular flexibility index (Phi) is 3.96. The average Bonchev–Trinajstić information content (AvgIpc) is 3.01. The third-order valence-electron chi connectivity index (χ3n) is 3.24. The van der Waals surface area contributed by atoms with Crippen molar-refractivity contribution in [2.45, 2.75) is 25.7 Å². The third kappa shape index (κ3) is 3.25. The van der Waals surface area contributed by atoms with Gasteiger partial charge in [0.05, 0.1) is 13.2 Å². The first-order valence-corrected chi connectivity index (χ1v) is 6.73. The predicted octanol–water partition coefficient (Wildman–Crippen LogP) is 3.48. The van der Waals surface area contributed by atoms with Gasteiger partial charge in [-0.3, -0.25) is 0 Å². The summed E-state index contributed by atoms with van der Waals surface area (Å²) in [6, 6.07) is 8.21. The van der Waals surface area contributed by atoms with Crippen LogP contribution < -0.4 is 0 Å². The maximum Gasteiger partial charge on any atom is 0.184 e. The molecule has 19 heavy (non-hydrogen) atoms. The lowest BCUT2D eigenvalue weighted by molar-refractivity contribution is -0.0441. The summed E-state index contributed by atoms with van der Waals surface area (Å²) in [6.07, 6.45) is 8.31. The van der Waals surface area contributed by atoms with Crippen LogP contribution in [0.3, 0.4) is 0 Å². The topological polar surface area (TPSA) is 27.7 Å². The lowest BCUT2D eigenvalue weighted by Crippen LogP contribution is -1.99. The largest absolute Gasteiger partial charge is 0.489 e. The van der Waals surface area contributed by atoms with Crippen LogP contribution in [-0.2, 0) is 20.8 Å². The standard InChI is InChI=1S/C16H18O3/c1-2-4-15(5-3-1)19-12-13-6-8-14(9-7-13)16-17-10-11-18-16/h2,4-9,16H,1,3,10-12H2. The predicted molar refractivity (Wildman–Crippen MR) is 72.3 cm³/mol. The molecule has 1 aromatic rings. The molecule has 2 aliphatic rings. The Morgan fingerprint density at radius 2 is 1.84 bits per heavy atom. The first-order valence-electron chi connectivity index (χ1n) is 6.73. The van der Waals surface area contributed by atoms with Crippen molar-refractivity contribution in [3.8, 4) is 0 Å². The maximum atomic E-state index is 5.75. The van der Waals surface area contributed by atoms with Crippen molar-refractivity contribution in [2.75, 3.05) is 13.2 Å². The van der Waals surface area contributed by atoms with Crippen LogP contribution in [-0.4, -0.2) is 13.2 Å². The van der Waals surface area contributed by atoms with E-state index in [0.29, 0.717) is 19.8 Å². The van der Waals surface area contributed by atoms with Gasteiger partial charge in [0.15, 0.2) is 6.29 Å². The molecule has 0 saturated carbocycles. The van der Waals surface area contributed by atoms with Gasteiger partial charge < -0.3 is 14.2 Å². The fraction of sp³-hybridized carbons (Fsp3) is 0.375. The van der Waals surface area contributed by atoms with Crippen molar-refractivity contribution in [3.05, 3.63) is 59.4 Å². The van der Waals surface area contributed by atoms with Crippen molar-refractivity contribution < 1.29 is 14.2 Å². The molecule has 100 valence electrons. The number of benzene rings is 1. The number of hydrogen-bond donors (Lipinski definition) is 0. The summed E-state index contributed by atoms with van der Waals surface area (Å²) in [5.74, 6) is 0.970. The Hall–Kier alpha value is -1.58. The molecule has 1 aliphatic heterocycles. The van der Waals surface area contributed by atoms with E-state index >= 15 is 0 Å². The summed E-state index contributed by atoms with van der Waals surface area (Å²) in [7, 11) is 0. The summed E-state index contributed by atoms with van der Waals surface area (Å²) in [6.45, 7) is 1.95. The summed E-state index contributed by atoms with van der Waals surface area (Å²) >= 11 is 0. The quantitative estimate of drug-likeness (QED) is 0.827. The van der Waals surface area contributed by atoms with Gasteiger partial charge in [-0.2, -0.15) is 0 Å². The van der Waals surface area contributed by atoms with E-state index < -0.39 is 0 Å². The zero-order chi connectivity index (χ0) is 12.9. The summed E-state index contributed by atoms with van der Waals surface area (Å²) < 4.78 is 16.7. The Bertz CT molecular complexity index is 467. The molecule has 0 radical (unpaired) electrons. The number of ether oxygens (including phenoxy) is 3. The molecule has 0 amide bonds. The van der Waals surface area contributed by atoms with Crippen molar-refractivity contribution in [1.82, 2.24) is 0 Å². The van der Waals surface area contributed by atoms with E-state index in [1.54, 1.807) is 0 Å². The molecule has 3 nitrogen and oxygen atoms in total. The van der Waals surface area contributed by atoms with Crippen molar-refractivity contribution in [1.29, 1.82) is 0 Å². The van der Waals surface area contributed by atoms with Gasteiger partial charge in [0.2, 0.25) is 0 Å². The van der Waals surface area contributed by atoms with E-state index in [4.69, 9.17) is 14.2 Å². The van der Waals surface area contributed by atoms with Crippen molar-refractivity contribution in [2.24, 2.45) is 0 Å². The second kappa shape index (κ2) is 6.04. The van der Waals surface area contributed by atoms with E-state index in [2.05, 4.69) is 24.3 Å². The smallest absolute Gasteiger partial charge is 0.184 e. The van der Waals surface area contributed by atoms with E-state index in [-0.39, 0.29) is 6.29 Å². The summed E-state index contributed by atoms with van der Waals surface area (Å²) in [5.41, 5.74) is 2.22. The maximum absolute atomic E-state index is 5.75. The van der Waals surface area contributed by atoms with Gasteiger partial charge in [-0.25, -0.2) is 0 Å². The summed E-state index contributed by atoms with van der Waals surface area (Å²) in [4.78, 5) is 0. The molecule has 1 saturated heterocycles. The SMILES string of the molecule is C1=CC(OCc2ccc(C3OCCO3)cc2)=CCC1. The molecule has 1 aromatic carbocycles. The fourth-order valence-corrected chi connectivity index (χ4v) is 2.18. The Labute approximate surface area is 113 Å². The highest BCUT2D eigenvalue weighted by molar-refractivity contribution is 5.24. The van der Waals surface area contributed by atoms with Crippen molar-refractivity contribution in [3.63, 3.8) is 0 Å². The monoisotopic (exact) mass is 258 g/mol. The van der Waals surface area contributed by atoms with Crippen LogP contribution >= 0.6 is 0 Å². The molecule has 1 fully saturated rings. The lowest BCUT2D eigenvalue weighted by Gasteiger charge is -2.12. The minimum Gasteiger partial charge on any atom is -0.489 e. The number of rotatable bonds is 4. The molecule has 0 aromatic heterocycles. The van der Waals surface area contributed by atoms with Crippen LogP contribution in [0.15, 0.2) is 48.3 Å². The third-order valence-corrected chi connectivity index (χ3v) is 3.24.